The lowest BCUT2D eigenvalue weighted by molar-refractivity contribution is -0.119. The number of benzene rings is 2. The van der Waals surface area contributed by atoms with E-state index in [9.17, 15) is 22.0 Å². The summed E-state index contributed by atoms with van der Waals surface area (Å²) in [5, 5.41) is 2.58. The summed E-state index contributed by atoms with van der Waals surface area (Å²) in [6.45, 7) is -0.377. The Bertz CT molecular complexity index is 886. The topological polar surface area (TPSA) is 75.7 Å². The highest BCUT2D eigenvalue weighted by atomic mass is 32.2. The van der Waals surface area contributed by atoms with Crippen LogP contribution in [-0.2, 0) is 21.4 Å². The first-order valence-corrected chi connectivity index (χ1v) is 9.38. The van der Waals surface area contributed by atoms with Gasteiger partial charge in [-0.2, -0.15) is 0 Å². The number of carbonyl (C=O) groups is 1. The van der Waals surface area contributed by atoms with Crippen LogP contribution in [0.2, 0.25) is 0 Å². The van der Waals surface area contributed by atoms with Crippen molar-refractivity contribution in [1.29, 1.82) is 0 Å². The second-order valence-corrected chi connectivity index (χ2v) is 7.40. The summed E-state index contributed by atoms with van der Waals surface area (Å²) in [5.41, 5.74) is 0.656. The monoisotopic (exact) mass is 384 g/mol. The predicted molar refractivity (Wildman–Crippen MR) is 93.4 cm³/mol. The lowest BCUT2D eigenvalue weighted by atomic mass is 10.2. The van der Waals surface area contributed by atoms with Gasteiger partial charge < -0.3 is 10.1 Å². The molecule has 0 spiro atoms. The van der Waals surface area contributed by atoms with E-state index in [0.717, 1.165) is 30.0 Å². The number of anilines is 1. The molecule has 0 unspecified atom stereocenters. The van der Waals surface area contributed by atoms with Crippen LogP contribution in [0.3, 0.4) is 0 Å². The van der Waals surface area contributed by atoms with Crippen molar-refractivity contribution in [2.24, 2.45) is 0 Å². The number of ether oxygens (including phenoxy) is 1. The third kappa shape index (κ3) is 5.16. The maximum atomic E-state index is 13.4. The summed E-state index contributed by atoms with van der Waals surface area (Å²) < 4.78 is 56.0. The van der Waals surface area contributed by atoms with Crippen molar-refractivity contribution in [2.75, 3.05) is 24.2 Å². The van der Waals surface area contributed by atoms with E-state index in [1.165, 1.54) is 7.11 Å². The smallest absolute Gasteiger partial charge is 0.241 e. The molecule has 6 nitrogen and oxygen atoms in total. The molecule has 26 heavy (non-hydrogen) atoms. The Balaban J connectivity index is 2.07. The zero-order valence-electron chi connectivity index (χ0n) is 14.2. The Hall–Kier alpha value is -2.68. The molecule has 0 radical (unpaired) electrons. The molecule has 140 valence electrons. The number of amides is 1. The Morgan fingerprint density at radius 1 is 1.12 bits per heavy atom. The minimum atomic E-state index is -3.87. The minimum absolute atomic E-state index is 0.133. The standard InChI is InChI=1S/C17H18F2N2O4S/c1-25-14-6-3-12(4-7-14)10-20-17(22)11-21(26(2,23)24)13-5-8-15(18)16(19)9-13/h3-9H,10-11H2,1-2H3,(H,20,22). The van der Waals surface area contributed by atoms with Crippen LogP contribution in [0.25, 0.3) is 0 Å². The van der Waals surface area contributed by atoms with Gasteiger partial charge in [-0.05, 0) is 29.8 Å². The van der Waals surface area contributed by atoms with Crippen molar-refractivity contribution in [3.05, 3.63) is 59.7 Å². The van der Waals surface area contributed by atoms with Crippen molar-refractivity contribution in [1.82, 2.24) is 5.32 Å². The van der Waals surface area contributed by atoms with Crippen molar-refractivity contribution >= 4 is 21.6 Å². The molecule has 0 bridgehead atoms. The zero-order valence-corrected chi connectivity index (χ0v) is 15.0. The van der Waals surface area contributed by atoms with E-state index in [4.69, 9.17) is 4.74 Å². The molecule has 2 rings (SSSR count). The van der Waals surface area contributed by atoms with Gasteiger partial charge in [0.1, 0.15) is 12.3 Å². The van der Waals surface area contributed by atoms with E-state index in [1.807, 2.05) is 0 Å². The first-order chi connectivity index (χ1) is 12.2. The van der Waals surface area contributed by atoms with Gasteiger partial charge in [0.2, 0.25) is 15.9 Å². The van der Waals surface area contributed by atoms with Gasteiger partial charge in [-0.3, -0.25) is 9.10 Å². The normalized spacial score (nSPS) is 11.1. The van der Waals surface area contributed by atoms with Crippen LogP contribution >= 0.6 is 0 Å². The summed E-state index contributed by atoms with van der Waals surface area (Å²) in [4.78, 5) is 12.1. The molecule has 0 saturated heterocycles. The molecular formula is C17H18F2N2O4S. The SMILES string of the molecule is COc1ccc(CNC(=O)CN(c2ccc(F)c(F)c2)S(C)(=O)=O)cc1. The second kappa shape index (κ2) is 8.13. The molecular weight excluding hydrogens is 366 g/mol. The Labute approximate surface area is 150 Å². The van der Waals surface area contributed by atoms with Crippen LogP contribution in [0.4, 0.5) is 14.5 Å². The first kappa shape index (κ1) is 19.6. The fourth-order valence-corrected chi connectivity index (χ4v) is 3.02. The number of carbonyl (C=O) groups excluding carboxylic acids is 1. The summed E-state index contributed by atoms with van der Waals surface area (Å²) in [6.07, 6.45) is 0.880. The number of nitrogens with one attached hydrogen (secondary N) is 1. The van der Waals surface area contributed by atoms with Gasteiger partial charge in [-0.25, -0.2) is 17.2 Å². The number of nitrogens with zero attached hydrogens (tertiary/aromatic N) is 1. The van der Waals surface area contributed by atoms with Gasteiger partial charge in [0.05, 0.1) is 19.1 Å². The van der Waals surface area contributed by atoms with Gasteiger partial charge >= 0.3 is 0 Å². The predicted octanol–water partition coefficient (Wildman–Crippen LogP) is 2.06. The molecule has 0 aliphatic rings. The molecule has 0 heterocycles. The highest BCUT2D eigenvalue weighted by Gasteiger charge is 2.22. The van der Waals surface area contributed by atoms with E-state index in [-0.39, 0.29) is 12.2 Å². The number of hydrogen-bond acceptors (Lipinski definition) is 4. The molecule has 0 aliphatic heterocycles. The molecule has 0 atom stereocenters. The number of halogens is 2. The van der Waals surface area contributed by atoms with Crippen molar-refractivity contribution in [2.45, 2.75) is 6.54 Å². The number of sulfonamides is 1. The fraction of sp³-hybridized carbons (Fsp3) is 0.235. The van der Waals surface area contributed by atoms with E-state index in [1.54, 1.807) is 24.3 Å². The molecule has 2 aromatic rings. The average molecular weight is 384 g/mol. The molecule has 0 aromatic heterocycles. The van der Waals surface area contributed by atoms with Gasteiger partial charge in [-0.15, -0.1) is 0 Å². The number of hydrogen-bond donors (Lipinski definition) is 1. The average Bonchev–Trinajstić information content (AvgIpc) is 2.60. The third-order valence-electron chi connectivity index (χ3n) is 3.53. The Morgan fingerprint density at radius 3 is 2.31 bits per heavy atom. The Morgan fingerprint density at radius 2 is 1.77 bits per heavy atom. The number of rotatable bonds is 7. The van der Waals surface area contributed by atoms with Crippen LogP contribution in [-0.4, -0.2) is 34.2 Å². The summed E-state index contributed by atoms with van der Waals surface area (Å²) >= 11 is 0. The van der Waals surface area contributed by atoms with Gasteiger partial charge in [-0.1, -0.05) is 12.1 Å². The van der Waals surface area contributed by atoms with E-state index >= 15 is 0 Å². The van der Waals surface area contributed by atoms with Gasteiger partial charge in [0, 0.05) is 12.6 Å². The van der Waals surface area contributed by atoms with Crippen molar-refractivity contribution < 1.29 is 26.7 Å². The largest absolute Gasteiger partial charge is 0.497 e. The number of methoxy groups -OCH3 is 1. The zero-order chi connectivity index (χ0) is 19.3. The van der Waals surface area contributed by atoms with Crippen molar-refractivity contribution in [3.63, 3.8) is 0 Å². The molecule has 1 amide bonds. The van der Waals surface area contributed by atoms with Crippen LogP contribution in [0.15, 0.2) is 42.5 Å². The third-order valence-corrected chi connectivity index (χ3v) is 4.67. The van der Waals surface area contributed by atoms with Crippen LogP contribution in [0.5, 0.6) is 5.75 Å². The fourth-order valence-electron chi connectivity index (χ4n) is 2.17. The van der Waals surface area contributed by atoms with Crippen LogP contribution < -0.4 is 14.4 Å². The quantitative estimate of drug-likeness (QED) is 0.793. The summed E-state index contributed by atoms with van der Waals surface area (Å²) in [7, 11) is -2.33. The minimum Gasteiger partial charge on any atom is -0.497 e. The second-order valence-electron chi connectivity index (χ2n) is 5.49. The first-order valence-electron chi connectivity index (χ1n) is 7.53. The molecule has 0 fully saturated rings. The van der Waals surface area contributed by atoms with Crippen LogP contribution in [0, 0.1) is 11.6 Å². The lowest BCUT2D eigenvalue weighted by Crippen LogP contribution is -2.40. The maximum absolute atomic E-state index is 13.4. The molecule has 9 heteroatoms. The summed E-state index contributed by atoms with van der Waals surface area (Å²) in [5.74, 6) is -2.22. The Kier molecular flexibility index (Phi) is 6.14. The van der Waals surface area contributed by atoms with Crippen LogP contribution in [0.1, 0.15) is 5.56 Å². The molecule has 1 N–H and O–H groups in total. The summed E-state index contributed by atoms with van der Waals surface area (Å²) in [6, 6.07) is 9.59. The lowest BCUT2D eigenvalue weighted by Gasteiger charge is -2.22. The van der Waals surface area contributed by atoms with E-state index < -0.39 is 34.1 Å². The molecule has 2 aromatic carbocycles. The highest BCUT2D eigenvalue weighted by Crippen LogP contribution is 2.20. The highest BCUT2D eigenvalue weighted by molar-refractivity contribution is 7.92. The van der Waals surface area contributed by atoms with Gasteiger partial charge in [0.25, 0.3) is 0 Å². The maximum Gasteiger partial charge on any atom is 0.241 e. The van der Waals surface area contributed by atoms with Gasteiger partial charge in [0.15, 0.2) is 11.6 Å². The molecule has 0 aliphatic carbocycles. The molecule has 0 saturated carbocycles. The van der Waals surface area contributed by atoms with E-state index in [2.05, 4.69) is 5.32 Å². The van der Waals surface area contributed by atoms with E-state index in [0.29, 0.717) is 10.1 Å². The van der Waals surface area contributed by atoms with Crippen molar-refractivity contribution in [3.8, 4) is 5.75 Å².